The number of aliphatic hydroxyl groups excluding tert-OH is 1. The predicted octanol–water partition coefficient (Wildman–Crippen LogP) is 1.99. The van der Waals surface area contributed by atoms with E-state index in [1.165, 1.54) is 6.20 Å². The van der Waals surface area contributed by atoms with Crippen molar-refractivity contribution in [1.82, 2.24) is 10.3 Å². The third-order valence-corrected chi connectivity index (χ3v) is 3.51. The molecule has 18 heavy (non-hydrogen) atoms. The standard InChI is InChI=1S/C14H22N2O2/c1-10(2)14(3,4)9-16-13(18)11-5-6-15-12(7-11)8-17/h5-7,10,17H,8-9H2,1-4H3,(H,16,18). The van der Waals surface area contributed by atoms with Crippen LogP contribution >= 0.6 is 0 Å². The Kier molecular flexibility index (Phi) is 4.84. The molecule has 0 saturated carbocycles. The summed E-state index contributed by atoms with van der Waals surface area (Å²) in [6.07, 6.45) is 1.54. The van der Waals surface area contributed by atoms with Crippen molar-refractivity contribution in [1.29, 1.82) is 0 Å². The maximum atomic E-state index is 12.0. The smallest absolute Gasteiger partial charge is 0.251 e. The molecule has 1 amide bonds. The van der Waals surface area contributed by atoms with Crippen LogP contribution in [0.4, 0.5) is 0 Å². The SMILES string of the molecule is CC(C)C(C)(C)CNC(=O)c1ccnc(CO)c1. The Morgan fingerprint density at radius 1 is 1.50 bits per heavy atom. The summed E-state index contributed by atoms with van der Waals surface area (Å²) in [7, 11) is 0. The van der Waals surface area contributed by atoms with E-state index in [0.717, 1.165) is 0 Å². The van der Waals surface area contributed by atoms with E-state index in [9.17, 15) is 4.79 Å². The number of hydrogen-bond acceptors (Lipinski definition) is 3. The van der Waals surface area contributed by atoms with Crippen molar-refractivity contribution < 1.29 is 9.90 Å². The van der Waals surface area contributed by atoms with E-state index in [1.807, 2.05) is 0 Å². The van der Waals surface area contributed by atoms with Gasteiger partial charge in [0.15, 0.2) is 0 Å². The molecule has 4 heteroatoms. The lowest BCUT2D eigenvalue weighted by Gasteiger charge is -2.29. The van der Waals surface area contributed by atoms with Crippen LogP contribution < -0.4 is 5.32 Å². The number of hydrogen-bond donors (Lipinski definition) is 2. The molecule has 0 aliphatic rings. The van der Waals surface area contributed by atoms with E-state index < -0.39 is 0 Å². The molecule has 0 fully saturated rings. The Morgan fingerprint density at radius 2 is 2.17 bits per heavy atom. The van der Waals surface area contributed by atoms with Gasteiger partial charge >= 0.3 is 0 Å². The van der Waals surface area contributed by atoms with E-state index >= 15 is 0 Å². The summed E-state index contributed by atoms with van der Waals surface area (Å²) in [5, 5.41) is 11.9. The first kappa shape index (κ1) is 14.6. The van der Waals surface area contributed by atoms with E-state index in [1.54, 1.807) is 12.1 Å². The Bertz CT molecular complexity index is 414. The Labute approximate surface area is 108 Å². The molecule has 1 heterocycles. The monoisotopic (exact) mass is 250 g/mol. The summed E-state index contributed by atoms with van der Waals surface area (Å²) < 4.78 is 0. The molecule has 1 rings (SSSR count). The molecular formula is C14H22N2O2. The molecule has 4 nitrogen and oxygen atoms in total. The maximum absolute atomic E-state index is 12.0. The number of carbonyl (C=O) groups excluding carboxylic acids is 1. The highest BCUT2D eigenvalue weighted by atomic mass is 16.3. The Morgan fingerprint density at radius 3 is 2.72 bits per heavy atom. The fourth-order valence-electron chi connectivity index (χ4n) is 1.32. The van der Waals surface area contributed by atoms with Crippen molar-refractivity contribution in [3.8, 4) is 0 Å². The van der Waals surface area contributed by atoms with Gasteiger partial charge in [0, 0.05) is 18.3 Å². The van der Waals surface area contributed by atoms with Crippen LogP contribution in [0.5, 0.6) is 0 Å². The average molecular weight is 250 g/mol. The summed E-state index contributed by atoms with van der Waals surface area (Å²) in [6, 6.07) is 3.26. The molecule has 1 aromatic heterocycles. The molecule has 0 bridgehead atoms. The van der Waals surface area contributed by atoms with E-state index in [4.69, 9.17) is 5.11 Å². The second-order valence-corrected chi connectivity index (χ2v) is 5.52. The van der Waals surface area contributed by atoms with Crippen LogP contribution in [-0.4, -0.2) is 22.5 Å². The fourth-order valence-corrected chi connectivity index (χ4v) is 1.32. The summed E-state index contributed by atoms with van der Waals surface area (Å²) in [5.74, 6) is 0.365. The minimum Gasteiger partial charge on any atom is -0.390 e. The van der Waals surface area contributed by atoms with E-state index in [-0.39, 0.29) is 17.9 Å². The number of amides is 1. The summed E-state index contributed by atoms with van der Waals surface area (Å²) in [5.41, 5.74) is 1.10. The van der Waals surface area contributed by atoms with Crippen molar-refractivity contribution in [3.63, 3.8) is 0 Å². The van der Waals surface area contributed by atoms with Crippen molar-refractivity contribution >= 4 is 5.91 Å². The van der Waals surface area contributed by atoms with Gasteiger partial charge in [-0.3, -0.25) is 9.78 Å². The minimum atomic E-state index is -0.154. The number of nitrogens with zero attached hydrogens (tertiary/aromatic N) is 1. The molecule has 0 atom stereocenters. The lowest BCUT2D eigenvalue weighted by molar-refractivity contribution is 0.0924. The van der Waals surface area contributed by atoms with E-state index in [0.29, 0.717) is 23.7 Å². The molecular weight excluding hydrogens is 228 g/mol. The zero-order valence-corrected chi connectivity index (χ0v) is 11.5. The van der Waals surface area contributed by atoms with Gasteiger partial charge in [-0.15, -0.1) is 0 Å². The average Bonchev–Trinajstić information content (AvgIpc) is 2.36. The van der Waals surface area contributed by atoms with Crippen LogP contribution in [0.1, 0.15) is 43.7 Å². The lowest BCUT2D eigenvalue weighted by Crippen LogP contribution is -2.37. The molecule has 2 N–H and O–H groups in total. The Balaban J connectivity index is 2.66. The molecule has 0 radical (unpaired) electrons. The van der Waals surface area contributed by atoms with Gasteiger partial charge in [0.25, 0.3) is 5.91 Å². The van der Waals surface area contributed by atoms with Gasteiger partial charge < -0.3 is 10.4 Å². The third-order valence-electron chi connectivity index (χ3n) is 3.51. The van der Waals surface area contributed by atoms with Crippen LogP contribution in [-0.2, 0) is 6.61 Å². The van der Waals surface area contributed by atoms with Gasteiger partial charge in [-0.1, -0.05) is 27.7 Å². The topological polar surface area (TPSA) is 62.2 Å². The summed E-state index contributed by atoms with van der Waals surface area (Å²) in [4.78, 5) is 15.9. The molecule has 0 aliphatic heterocycles. The number of aromatic nitrogens is 1. The molecule has 100 valence electrons. The summed E-state index contributed by atoms with van der Waals surface area (Å²) >= 11 is 0. The molecule has 0 aliphatic carbocycles. The van der Waals surface area contributed by atoms with Crippen molar-refractivity contribution in [2.24, 2.45) is 11.3 Å². The van der Waals surface area contributed by atoms with Gasteiger partial charge in [-0.2, -0.15) is 0 Å². The largest absolute Gasteiger partial charge is 0.390 e. The van der Waals surface area contributed by atoms with Crippen molar-refractivity contribution in [3.05, 3.63) is 29.6 Å². The van der Waals surface area contributed by atoms with Crippen LogP contribution in [0.15, 0.2) is 18.3 Å². The van der Waals surface area contributed by atoms with Gasteiger partial charge in [-0.25, -0.2) is 0 Å². The zero-order chi connectivity index (χ0) is 13.8. The first-order valence-electron chi connectivity index (χ1n) is 6.21. The van der Waals surface area contributed by atoms with Gasteiger partial charge in [0.05, 0.1) is 12.3 Å². The number of carbonyl (C=O) groups is 1. The van der Waals surface area contributed by atoms with Gasteiger partial charge in [0.2, 0.25) is 0 Å². The number of aliphatic hydroxyl groups is 1. The predicted molar refractivity (Wildman–Crippen MR) is 71.1 cm³/mol. The van der Waals surface area contributed by atoms with Crippen LogP contribution in [0, 0.1) is 11.3 Å². The fraction of sp³-hybridized carbons (Fsp3) is 0.571. The number of nitrogens with one attached hydrogen (secondary N) is 1. The highest BCUT2D eigenvalue weighted by Gasteiger charge is 2.23. The molecule has 1 aromatic rings. The first-order valence-corrected chi connectivity index (χ1v) is 6.21. The van der Waals surface area contributed by atoms with Crippen molar-refractivity contribution in [2.45, 2.75) is 34.3 Å². The van der Waals surface area contributed by atoms with Crippen LogP contribution in [0.3, 0.4) is 0 Å². The molecule has 0 saturated heterocycles. The first-order chi connectivity index (χ1) is 8.36. The highest BCUT2D eigenvalue weighted by molar-refractivity contribution is 5.94. The number of pyridine rings is 1. The zero-order valence-electron chi connectivity index (χ0n) is 11.5. The highest BCUT2D eigenvalue weighted by Crippen LogP contribution is 2.24. The quantitative estimate of drug-likeness (QED) is 0.840. The molecule has 0 aromatic carbocycles. The second kappa shape index (κ2) is 5.96. The van der Waals surface area contributed by atoms with E-state index in [2.05, 4.69) is 38.0 Å². The third kappa shape index (κ3) is 3.81. The maximum Gasteiger partial charge on any atom is 0.251 e. The minimum absolute atomic E-state index is 0.0580. The molecule has 0 spiro atoms. The van der Waals surface area contributed by atoms with Gasteiger partial charge in [0.1, 0.15) is 0 Å². The summed E-state index contributed by atoms with van der Waals surface area (Å²) in [6.45, 7) is 9.01. The lowest BCUT2D eigenvalue weighted by atomic mass is 9.81. The molecule has 0 unspecified atom stereocenters. The second-order valence-electron chi connectivity index (χ2n) is 5.52. The van der Waals surface area contributed by atoms with Crippen LogP contribution in [0.25, 0.3) is 0 Å². The number of rotatable bonds is 5. The Hall–Kier alpha value is -1.42. The van der Waals surface area contributed by atoms with Gasteiger partial charge in [-0.05, 0) is 23.5 Å². The normalized spacial score (nSPS) is 11.7. The van der Waals surface area contributed by atoms with Crippen LogP contribution in [0.2, 0.25) is 0 Å². The van der Waals surface area contributed by atoms with Crippen molar-refractivity contribution in [2.75, 3.05) is 6.54 Å².